The van der Waals surface area contributed by atoms with Crippen LogP contribution in [-0.2, 0) is 11.2 Å². The molecule has 0 bridgehead atoms. The molecule has 0 fully saturated rings. The van der Waals surface area contributed by atoms with Gasteiger partial charge in [0.1, 0.15) is 0 Å². The smallest absolute Gasteiger partial charge is 0.221 e. The van der Waals surface area contributed by atoms with Crippen LogP contribution in [0.4, 0.5) is 5.69 Å². The molecule has 0 atom stereocenters. The molecule has 0 unspecified atom stereocenters. The molecule has 0 spiro atoms. The van der Waals surface area contributed by atoms with Crippen LogP contribution in [0.15, 0.2) is 24.3 Å². The predicted molar refractivity (Wildman–Crippen MR) is 58.2 cm³/mol. The van der Waals surface area contributed by atoms with E-state index in [9.17, 15) is 4.79 Å². The van der Waals surface area contributed by atoms with E-state index in [0.29, 0.717) is 0 Å². The molecule has 0 aliphatic carbocycles. The highest BCUT2D eigenvalue weighted by Gasteiger charge is 2.01. The van der Waals surface area contributed by atoms with Gasteiger partial charge in [-0.1, -0.05) is 34.1 Å². The molecule has 0 aliphatic heterocycles. The van der Waals surface area contributed by atoms with E-state index in [0.717, 1.165) is 23.0 Å². The van der Waals surface area contributed by atoms with Crippen molar-refractivity contribution in [1.82, 2.24) is 0 Å². The van der Waals surface area contributed by atoms with Crippen LogP contribution in [0.2, 0.25) is 0 Å². The van der Waals surface area contributed by atoms with Crippen molar-refractivity contribution >= 4 is 27.5 Å². The molecule has 1 amide bonds. The fourth-order valence-electron chi connectivity index (χ4n) is 1.15. The number of hydrogen-bond donors (Lipinski definition) is 1. The van der Waals surface area contributed by atoms with E-state index in [4.69, 9.17) is 0 Å². The quantitative estimate of drug-likeness (QED) is 0.811. The van der Waals surface area contributed by atoms with Crippen LogP contribution < -0.4 is 5.32 Å². The molecule has 0 saturated heterocycles. The van der Waals surface area contributed by atoms with Gasteiger partial charge in [-0.05, 0) is 18.1 Å². The zero-order valence-corrected chi connectivity index (χ0v) is 9.10. The number of aryl methyl sites for hydroxylation is 1. The van der Waals surface area contributed by atoms with E-state index in [1.165, 1.54) is 6.92 Å². The highest BCUT2D eigenvalue weighted by Crippen LogP contribution is 2.15. The van der Waals surface area contributed by atoms with Crippen LogP contribution in [0.3, 0.4) is 0 Å². The lowest BCUT2D eigenvalue weighted by Crippen LogP contribution is -2.08. The third-order valence-corrected chi connectivity index (χ3v) is 2.09. The normalized spacial score (nSPS) is 9.69. The second-order valence-electron chi connectivity index (χ2n) is 2.78. The average molecular weight is 242 g/mol. The minimum Gasteiger partial charge on any atom is -0.326 e. The number of anilines is 1. The lowest BCUT2D eigenvalue weighted by Gasteiger charge is -2.07. The fourth-order valence-corrected chi connectivity index (χ4v) is 1.58. The first kappa shape index (κ1) is 10.3. The maximum Gasteiger partial charge on any atom is 0.221 e. The lowest BCUT2D eigenvalue weighted by molar-refractivity contribution is -0.114. The van der Waals surface area contributed by atoms with Gasteiger partial charge in [0, 0.05) is 17.9 Å². The molecule has 1 aromatic carbocycles. The Hall–Kier alpha value is -0.830. The molecule has 1 aromatic rings. The number of carbonyl (C=O) groups excluding carboxylic acids is 1. The molecule has 0 saturated carbocycles. The number of para-hydroxylation sites is 1. The summed E-state index contributed by atoms with van der Waals surface area (Å²) in [4.78, 5) is 10.8. The summed E-state index contributed by atoms with van der Waals surface area (Å²) in [6.45, 7) is 1.52. The molecule has 1 N–H and O–H groups in total. The van der Waals surface area contributed by atoms with Gasteiger partial charge in [0.25, 0.3) is 0 Å². The van der Waals surface area contributed by atoms with Crippen molar-refractivity contribution in [2.75, 3.05) is 10.6 Å². The van der Waals surface area contributed by atoms with Crippen LogP contribution in [0.25, 0.3) is 0 Å². The van der Waals surface area contributed by atoms with Crippen LogP contribution in [0, 0.1) is 0 Å². The summed E-state index contributed by atoms with van der Waals surface area (Å²) in [7, 11) is 0. The number of halogens is 1. The number of nitrogens with one attached hydrogen (secondary N) is 1. The number of rotatable bonds is 3. The minimum atomic E-state index is -0.0259. The van der Waals surface area contributed by atoms with E-state index >= 15 is 0 Å². The summed E-state index contributed by atoms with van der Waals surface area (Å²) >= 11 is 3.37. The SMILES string of the molecule is CC(=O)Nc1ccccc1CCBr. The van der Waals surface area contributed by atoms with Crippen molar-refractivity contribution in [1.29, 1.82) is 0 Å². The molecule has 1 rings (SSSR count). The summed E-state index contributed by atoms with van der Waals surface area (Å²) < 4.78 is 0. The summed E-state index contributed by atoms with van der Waals surface area (Å²) in [5.74, 6) is -0.0259. The Morgan fingerprint density at radius 3 is 2.77 bits per heavy atom. The molecule has 70 valence electrons. The molecular weight excluding hydrogens is 230 g/mol. The Morgan fingerprint density at radius 1 is 1.46 bits per heavy atom. The number of carbonyl (C=O) groups is 1. The Balaban J connectivity index is 2.84. The summed E-state index contributed by atoms with van der Waals surface area (Å²) in [6.07, 6.45) is 0.927. The highest BCUT2D eigenvalue weighted by molar-refractivity contribution is 9.09. The number of hydrogen-bond acceptors (Lipinski definition) is 1. The number of amides is 1. The van der Waals surface area contributed by atoms with Crippen LogP contribution >= 0.6 is 15.9 Å². The van der Waals surface area contributed by atoms with Crippen molar-refractivity contribution < 1.29 is 4.79 Å². The molecule has 0 radical (unpaired) electrons. The van der Waals surface area contributed by atoms with Gasteiger partial charge in [-0.15, -0.1) is 0 Å². The second-order valence-corrected chi connectivity index (χ2v) is 3.57. The third kappa shape index (κ3) is 3.19. The zero-order chi connectivity index (χ0) is 9.68. The van der Waals surface area contributed by atoms with Gasteiger partial charge >= 0.3 is 0 Å². The monoisotopic (exact) mass is 241 g/mol. The van der Waals surface area contributed by atoms with Crippen LogP contribution in [0.5, 0.6) is 0 Å². The fraction of sp³-hybridized carbons (Fsp3) is 0.300. The van der Waals surface area contributed by atoms with Crippen molar-refractivity contribution in [3.8, 4) is 0 Å². The van der Waals surface area contributed by atoms with Crippen LogP contribution in [-0.4, -0.2) is 11.2 Å². The standard InChI is InChI=1S/C10H12BrNO/c1-8(13)12-10-5-3-2-4-9(10)6-7-11/h2-5H,6-7H2,1H3,(H,12,13). The second kappa shape index (κ2) is 5.02. The molecule has 0 aromatic heterocycles. The minimum absolute atomic E-state index is 0.0259. The zero-order valence-electron chi connectivity index (χ0n) is 7.51. The van der Waals surface area contributed by atoms with Crippen molar-refractivity contribution in [3.05, 3.63) is 29.8 Å². The van der Waals surface area contributed by atoms with Gasteiger partial charge in [-0.2, -0.15) is 0 Å². The van der Waals surface area contributed by atoms with Crippen LogP contribution in [0.1, 0.15) is 12.5 Å². The molecular formula is C10H12BrNO. The predicted octanol–water partition coefficient (Wildman–Crippen LogP) is 2.58. The topological polar surface area (TPSA) is 29.1 Å². The maximum absolute atomic E-state index is 10.8. The summed E-state index contributed by atoms with van der Waals surface area (Å²) in [5, 5.41) is 3.70. The van der Waals surface area contributed by atoms with Crippen molar-refractivity contribution in [2.24, 2.45) is 0 Å². The molecule has 0 heterocycles. The third-order valence-electron chi connectivity index (χ3n) is 1.69. The Bertz CT molecular complexity index is 299. The first-order valence-electron chi connectivity index (χ1n) is 4.15. The van der Waals surface area contributed by atoms with Crippen molar-refractivity contribution in [3.63, 3.8) is 0 Å². The largest absolute Gasteiger partial charge is 0.326 e. The highest BCUT2D eigenvalue weighted by atomic mass is 79.9. The summed E-state index contributed by atoms with van der Waals surface area (Å²) in [6, 6.07) is 7.83. The molecule has 13 heavy (non-hydrogen) atoms. The van der Waals surface area contributed by atoms with Gasteiger partial charge < -0.3 is 5.32 Å². The van der Waals surface area contributed by atoms with Gasteiger partial charge in [-0.25, -0.2) is 0 Å². The maximum atomic E-state index is 10.8. The van der Waals surface area contributed by atoms with Gasteiger partial charge in [0.05, 0.1) is 0 Å². The molecule has 0 aliphatic rings. The Morgan fingerprint density at radius 2 is 2.15 bits per heavy atom. The van der Waals surface area contributed by atoms with E-state index in [-0.39, 0.29) is 5.91 Å². The Labute approximate surface area is 86.5 Å². The Kier molecular flexibility index (Phi) is 3.96. The van der Waals surface area contributed by atoms with Crippen molar-refractivity contribution in [2.45, 2.75) is 13.3 Å². The molecule has 3 heteroatoms. The molecule has 2 nitrogen and oxygen atoms in total. The average Bonchev–Trinajstić information content (AvgIpc) is 2.08. The van der Waals surface area contributed by atoms with Gasteiger partial charge in [-0.3, -0.25) is 4.79 Å². The van der Waals surface area contributed by atoms with Gasteiger partial charge in [0.15, 0.2) is 0 Å². The number of alkyl halides is 1. The van der Waals surface area contributed by atoms with E-state index in [1.807, 2.05) is 24.3 Å². The first-order valence-corrected chi connectivity index (χ1v) is 5.27. The van der Waals surface area contributed by atoms with E-state index in [2.05, 4.69) is 21.2 Å². The van der Waals surface area contributed by atoms with Gasteiger partial charge in [0.2, 0.25) is 5.91 Å². The van der Waals surface area contributed by atoms with E-state index in [1.54, 1.807) is 0 Å². The first-order chi connectivity index (χ1) is 6.24. The lowest BCUT2D eigenvalue weighted by atomic mass is 10.1. The number of benzene rings is 1. The summed E-state index contributed by atoms with van der Waals surface area (Å²) in [5.41, 5.74) is 2.07. The van der Waals surface area contributed by atoms with E-state index < -0.39 is 0 Å².